The SMILES string of the molecule is O=C(c1ccc(Oc2nccnc2[C@@H]2CCCOC2)cc1)c1nc2ccccc2[nH]1. The van der Waals surface area contributed by atoms with Crippen LogP contribution in [0.25, 0.3) is 11.0 Å². The zero-order chi connectivity index (χ0) is 20.3. The van der Waals surface area contributed by atoms with E-state index < -0.39 is 0 Å². The number of carbonyl (C=O) groups excluding carboxylic acids is 1. The van der Waals surface area contributed by atoms with Crippen LogP contribution in [0.15, 0.2) is 60.9 Å². The molecule has 2 aromatic carbocycles. The minimum atomic E-state index is -0.169. The van der Waals surface area contributed by atoms with Crippen molar-refractivity contribution < 1.29 is 14.3 Å². The monoisotopic (exact) mass is 400 g/mol. The molecule has 1 saturated heterocycles. The molecule has 150 valence electrons. The fourth-order valence-corrected chi connectivity index (χ4v) is 3.63. The number of rotatable bonds is 5. The molecule has 1 aliphatic heterocycles. The fourth-order valence-electron chi connectivity index (χ4n) is 3.63. The van der Waals surface area contributed by atoms with Gasteiger partial charge in [0.15, 0.2) is 5.82 Å². The van der Waals surface area contributed by atoms with Gasteiger partial charge in [0.1, 0.15) is 11.4 Å². The Kier molecular flexibility index (Phi) is 4.94. The molecule has 0 saturated carbocycles. The lowest BCUT2D eigenvalue weighted by Crippen LogP contribution is -2.17. The Morgan fingerprint density at radius 2 is 1.90 bits per heavy atom. The predicted molar refractivity (Wildman–Crippen MR) is 111 cm³/mol. The number of nitrogens with zero attached hydrogens (tertiary/aromatic N) is 3. The first-order valence-corrected chi connectivity index (χ1v) is 9.94. The number of H-pyrrole nitrogens is 1. The molecule has 5 rings (SSSR count). The maximum Gasteiger partial charge on any atom is 0.241 e. The third kappa shape index (κ3) is 3.67. The summed E-state index contributed by atoms with van der Waals surface area (Å²) in [4.78, 5) is 29.0. The van der Waals surface area contributed by atoms with Gasteiger partial charge in [-0.15, -0.1) is 0 Å². The van der Waals surface area contributed by atoms with Gasteiger partial charge in [0, 0.05) is 30.5 Å². The summed E-state index contributed by atoms with van der Waals surface area (Å²) in [5.41, 5.74) is 2.94. The van der Waals surface area contributed by atoms with Crippen LogP contribution in [0, 0.1) is 0 Å². The van der Waals surface area contributed by atoms with E-state index in [1.807, 2.05) is 24.3 Å². The Morgan fingerprint density at radius 3 is 2.70 bits per heavy atom. The quantitative estimate of drug-likeness (QED) is 0.503. The Bertz CT molecular complexity index is 1150. The Hall–Kier alpha value is -3.58. The lowest BCUT2D eigenvalue weighted by atomic mass is 9.98. The molecule has 7 nitrogen and oxygen atoms in total. The van der Waals surface area contributed by atoms with Crippen LogP contribution in [0.5, 0.6) is 11.6 Å². The van der Waals surface area contributed by atoms with Crippen molar-refractivity contribution in [2.75, 3.05) is 13.2 Å². The largest absolute Gasteiger partial charge is 0.437 e. The highest BCUT2D eigenvalue weighted by Gasteiger charge is 2.22. The Morgan fingerprint density at radius 1 is 1.07 bits per heavy atom. The molecule has 1 fully saturated rings. The average molecular weight is 400 g/mol. The molecule has 3 heterocycles. The zero-order valence-electron chi connectivity index (χ0n) is 16.2. The second-order valence-electron chi connectivity index (χ2n) is 7.22. The molecule has 30 heavy (non-hydrogen) atoms. The van der Waals surface area contributed by atoms with Gasteiger partial charge in [0.2, 0.25) is 11.7 Å². The van der Waals surface area contributed by atoms with Gasteiger partial charge in [0.25, 0.3) is 0 Å². The molecule has 4 aromatic rings. The van der Waals surface area contributed by atoms with Crippen LogP contribution in [0.4, 0.5) is 0 Å². The van der Waals surface area contributed by atoms with Crippen molar-refractivity contribution in [2.45, 2.75) is 18.8 Å². The molecule has 1 N–H and O–H groups in total. The predicted octanol–water partition coefficient (Wildman–Crippen LogP) is 4.27. The summed E-state index contributed by atoms with van der Waals surface area (Å²) in [7, 11) is 0. The van der Waals surface area contributed by atoms with Gasteiger partial charge in [-0.1, -0.05) is 12.1 Å². The number of carbonyl (C=O) groups is 1. The first-order chi connectivity index (χ1) is 14.8. The second kappa shape index (κ2) is 8.04. The van der Waals surface area contributed by atoms with E-state index in [1.165, 1.54) is 0 Å². The molecule has 0 aliphatic carbocycles. The summed E-state index contributed by atoms with van der Waals surface area (Å²) in [5.74, 6) is 1.39. The number of hydrogen-bond acceptors (Lipinski definition) is 6. The van der Waals surface area contributed by atoms with Crippen molar-refractivity contribution >= 4 is 16.8 Å². The van der Waals surface area contributed by atoms with Crippen molar-refractivity contribution in [1.29, 1.82) is 0 Å². The van der Waals surface area contributed by atoms with Crippen molar-refractivity contribution in [3.63, 3.8) is 0 Å². The molecular weight excluding hydrogens is 380 g/mol. The zero-order valence-corrected chi connectivity index (χ0v) is 16.2. The highest BCUT2D eigenvalue weighted by Crippen LogP contribution is 2.31. The number of imidazole rings is 1. The summed E-state index contributed by atoms with van der Waals surface area (Å²) in [6.07, 6.45) is 5.28. The first kappa shape index (κ1) is 18.4. The average Bonchev–Trinajstić information content (AvgIpc) is 3.24. The molecule has 0 unspecified atom stereocenters. The van der Waals surface area contributed by atoms with Gasteiger partial charge in [0.05, 0.1) is 17.6 Å². The molecule has 2 aromatic heterocycles. The van der Waals surface area contributed by atoms with E-state index in [4.69, 9.17) is 9.47 Å². The third-order valence-electron chi connectivity index (χ3n) is 5.17. The summed E-state index contributed by atoms with van der Waals surface area (Å²) >= 11 is 0. The van der Waals surface area contributed by atoms with Crippen LogP contribution in [-0.4, -0.2) is 38.9 Å². The molecule has 0 radical (unpaired) electrons. The number of aromatic nitrogens is 4. The van der Waals surface area contributed by atoms with Crippen LogP contribution < -0.4 is 4.74 Å². The van der Waals surface area contributed by atoms with Crippen molar-refractivity contribution in [2.24, 2.45) is 0 Å². The van der Waals surface area contributed by atoms with Crippen molar-refractivity contribution in [1.82, 2.24) is 19.9 Å². The normalized spacial score (nSPS) is 16.5. The number of nitrogens with one attached hydrogen (secondary N) is 1. The highest BCUT2D eigenvalue weighted by atomic mass is 16.5. The molecule has 0 bridgehead atoms. The van der Waals surface area contributed by atoms with Crippen LogP contribution >= 0.6 is 0 Å². The Labute approximate surface area is 173 Å². The minimum absolute atomic E-state index is 0.169. The van der Waals surface area contributed by atoms with E-state index in [0.717, 1.165) is 36.2 Å². The topological polar surface area (TPSA) is 90.0 Å². The second-order valence-corrected chi connectivity index (χ2v) is 7.22. The van der Waals surface area contributed by atoms with Gasteiger partial charge in [-0.3, -0.25) is 9.78 Å². The number of fused-ring (bicyclic) bond motifs is 1. The summed E-state index contributed by atoms with van der Waals surface area (Å²) < 4.78 is 11.6. The maximum absolute atomic E-state index is 12.8. The van der Waals surface area contributed by atoms with E-state index in [0.29, 0.717) is 29.6 Å². The van der Waals surface area contributed by atoms with E-state index in [-0.39, 0.29) is 11.7 Å². The molecule has 7 heteroatoms. The van der Waals surface area contributed by atoms with E-state index >= 15 is 0 Å². The van der Waals surface area contributed by atoms with Gasteiger partial charge < -0.3 is 14.5 Å². The fraction of sp³-hybridized carbons (Fsp3) is 0.217. The molecular formula is C23H20N4O3. The van der Waals surface area contributed by atoms with Gasteiger partial charge in [-0.05, 0) is 49.2 Å². The number of ether oxygens (including phenoxy) is 2. The number of para-hydroxylation sites is 2. The van der Waals surface area contributed by atoms with E-state index in [9.17, 15) is 4.79 Å². The highest BCUT2D eigenvalue weighted by molar-refractivity contribution is 6.08. The smallest absolute Gasteiger partial charge is 0.241 e. The van der Waals surface area contributed by atoms with Crippen LogP contribution in [-0.2, 0) is 4.74 Å². The Balaban J connectivity index is 1.35. The van der Waals surface area contributed by atoms with Crippen molar-refractivity contribution in [3.8, 4) is 11.6 Å². The number of aromatic amines is 1. The molecule has 0 spiro atoms. The van der Waals surface area contributed by atoms with Crippen LogP contribution in [0.3, 0.4) is 0 Å². The van der Waals surface area contributed by atoms with Crippen LogP contribution in [0.2, 0.25) is 0 Å². The van der Waals surface area contributed by atoms with Crippen molar-refractivity contribution in [3.05, 3.63) is 78.0 Å². The minimum Gasteiger partial charge on any atom is -0.437 e. The number of ketones is 1. The molecule has 0 amide bonds. The summed E-state index contributed by atoms with van der Waals surface area (Å²) in [6, 6.07) is 14.5. The van der Waals surface area contributed by atoms with Crippen LogP contribution in [0.1, 0.15) is 40.6 Å². The summed E-state index contributed by atoms with van der Waals surface area (Å²) in [6.45, 7) is 1.41. The number of hydrogen-bond donors (Lipinski definition) is 1. The lowest BCUT2D eigenvalue weighted by Gasteiger charge is -2.22. The third-order valence-corrected chi connectivity index (χ3v) is 5.17. The number of benzene rings is 2. The molecule has 1 atom stereocenters. The van der Waals surface area contributed by atoms with E-state index in [2.05, 4.69) is 19.9 Å². The van der Waals surface area contributed by atoms with Gasteiger partial charge >= 0.3 is 0 Å². The first-order valence-electron chi connectivity index (χ1n) is 9.94. The molecule has 1 aliphatic rings. The maximum atomic E-state index is 12.8. The van der Waals surface area contributed by atoms with Gasteiger partial charge in [-0.25, -0.2) is 9.97 Å². The van der Waals surface area contributed by atoms with E-state index in [1.54, 1.807) is 36.7 Å². The summed E-state index contributed by atoms with van der Waals surface area (Å²) in [5, 5.41) is 0. The van der Waals surface area contributed by atoms with Gasteiger partial charge in [-0.2, -0.15) is 0 Å². The standard InChI is InChI=1S/C23H20N4O3/c28-21(22-26-18-5-1-2-6-19(18)27-22)15-7-9-17(10-8-15)30-23-20(24-11-12-25-23)16-4-3-13-29-14-16/h1-2,5-12,16H,3-4,13-14H2,(H,26,27)/t16-/m1/s1. The lowest BCUT2D eigenvalue weighted by molar-refractivity contribution is 0.0784.